The van der Waals surface area contributed by atoms with E-state index in [9.17, 15) is 9.59 Å². The van der Waals surface area contributed by atoms with Crippen LogP contribution < -0.4 is 24.4 Å². The molecular weight excluding hydrogens is 464 g/mol. The molecule has 1 aromatic heterocycles. The zero-order chi connectivity index (χ0) is 24.9. The minimum absolute atomic E-state index is 0.217. The summed E-state index contributed by atoms with van der Waals surface area (Å²) in [5.41, 5.74) is 2.14. The lowest BCUT2D eigenvalue weighted by atomic mass is 9.96. The molecule has 1 atom stereocenters. The number of carbonyl (C=O) groups is 1. The molecule has 0 bridgehead atoms. The van der Waals surface area contributed by atoms with E-state index in [2.05, 4.69) is 11.6 Å². The predicted molar refractivity (Wildman–Crippen MR) is 136 cm³/mol. The van der Waals surface area contributed by atoms with Crippen LogP contribution >= 0.6 is 11.3 Å². The second-order valence-electron chi connectivity index (χ2n) is 7.71. The Hall–Kier alpha value is -3.91. The second kappa shape index (κ2) is 10.6. The van der Waals surface area contributed by atoms with Gasteiger partial charge in [-0.05, 0) is 43.7 Å². The van der Waals surface area contributed by atoms with Gasteiger partial charge in [-0.25, -0.2) is 9.79 Å². The van der Waals surface area contributed by atoms with Gasteiger partial charge in [0.2, 0.25) is 0 Å². The monoisotopic (exact) mass is 490 g/mol. The molecule has 0 radical (unpaired) electrons. The highest BCUT2D eigenvalue weighted by Crippen LogP contribution is 2.31. The van der Waals surface area contributed by atoms with Gasteiger partial charge in [0, 0.05) is 5.56 Å². The molecule has 1 aliphatic rings. The second-order valence-corrected chi connectivity index (χ2v) is 8.72. The number of esters is 1. The summed E-state index contributed by atoms with van der Waals surface area (Å²) in [4.78, 5) is 31.8. The first kappa shape index (κ1) is 24.2. The molecule has 4 rings (SSSR count). The van der Waals surface area contributed by atoms with Crippen molar-refractivity contribution < 1.29 is 19.0 Å². The number of rotatable bonds is 8. The number of thiazole rings is 1. The van der Waals surface area contributed by atoms with Gasteiger partial charge in [0.15, 0.2) is 4.80 Å². The van der Waals surface area contributed by atoms with Crippen LogP contribution in [-0.4, -0.2) is 30.9 Å². The van der Waals surface area contributed by atoms with Crippen LogP contribution in [0, 0.1) is 0 Å². The maximum absolute atomic E-state index is 13.7. The fraction of sp³-hybridized carbons (Fsp3) is 0.222. The average Bonchev–Trinajstić information content (AvgIpc) is 3.17. The van der Waals surface area contributed by atoms with Crippen LogP contribution in [0.25, 0.3) is 6.08 Å². The normalized spacial score (nSPS) is 15.3. The Kier molecular flexibility index (Phi) is 7.31. The third kappa shape index (κ3) is 4.83. The van der Waals surface area contributed by atoms with Crippen molar-refractivity contribution in [2.75, 3.05) is 20.3 Å². The molecule has 2 aromatic carbocycles. The van der Waals surface area contributed by atoms with Crippen molar-refractivity contribution in [3.8, 4) is 11.5 Å². The Morgan fingerprint density at radius 1 is 1.20 bits per heavy atom. The lowest BCUT2D eigenvalue weighted by Gasteiger charge is -2.24. The molecule has 180 valence electrons. The number of hydrogen-bond acceptors (Lipinski definition) is 7. The highest BCUT2D eigenvalue weighted by molar-refractivity contribution is 7.07. The molecule has 35 heavy (non-hydrogen) atoms. The highest BCUT2D eigenvalue weighted by atomic mass is 32.1. The van der Waals surface area contributed by atoms with Gasteiger partial charge in [-0.3, -0.25) is 9.36 Å². The summed E-state index contributed by atoms with van der Waals surface area (Å²) in [6.07, 6.45) is 3.45. The Morgan fingerprint density at radius 2 is 1.94 bits per heavy atom. The molecule has 0 aliphatic carbocycles. The fourth-order valence-corrected chi connectivity index (χ4v) is 4.97. The van der Waals surface area contributed by atoms with Crippen LogP contribution in [-0.2, 0) is 9.53 Å². The number of methoxy groups -OCH3 is 1. The van der Waals surface area contributed by atoms with Crippen LogP contribution in [0.3, 0.4) is 0 Å². The van der Waals surface area contributed by atoms with Crippen molar-refractivity contribution >= 4 is 23.4 Å². The average molecular weight is 491 g/mol. The Balaban J connectivity index is 1.90. The molecule has 0 N–H and O–H groups in total. The largest absolute Gasteiger partial charge is 0.496 e. The molecule has 7 nitrogen and oxygen atoms in total. The molecule has 0 saturated heterocycles. The summed E-state index contributed by atoms with van der Waals surface area (Å²) in [6, 6.07) is 14.1. The van der Waals surface area contributed by atoms with Gasteiger partial charge < -0.3 is 14.2 Å². The van der Waals surface area contributed by atoms with E-state index in [1.165, 1.54) is 11.3 Å². The number of fused-ring (bicyclic) bond motifs is 1. The zero-order valence-corrected chi connectivity index (χ0v) is 20.6. The number of aromatic nitrogens is 1. The summed E-state index contributed by atoms with van der Waals surface area (Å²) in [5, 5.41) is 0. The Labute approximate surface area is 206 Å². The summed E-state index contributed by atoms with van der Waals surface area (Å²) < 4.78 is 18.4. The lowest BCUT2D eigenvalue weighted by molar-refractivity contribution is -0.139. The Morgan fingerprint density at radius 3 is 2.63 bits per heavy atom. The molecule has 0 fully saturated rings. The molecule has 1 aliphatic heterocycles. The van der Waals surface area contributed by atoms with Gasteiger partial charge in [-0.15, -0.1) is 0 Å². The SMILES string of the molecule is C=CCOc1ccc([C@@H]2C(C(=O)OCC)=C(C)N=c3sc(=Cc4ccccc4OC)c(=O)n32)cc1. The third-order valence-electron chi connectivity index (χ3n) is 5.51. The molecular formula is C27H26N2O5S. The molecule has 2 heterocycles. The van der Waals surface area contributed by atoms with Gasteiger partial charge in [0.1, 0.15) is 18.1 Å². The standard InChI is InChI=1S/C27H26N2O5S/c1-5-15-34-20-13-11-18(12-14-20)24-23(26(31)33-6-2)17(3)28-27-29(24)25(30)22(35-27)16-19-9-7-8-10-21(19)32-4/h5,7-14,16,24H,1,6,15H2,2-4H3/t24-/m1/s1. The number of hydrogen-bond donors (Lipinski definition) is 0. The molecule has 0 amide bonds. The summed E-state index contributed by atoms with van der Waals surface area (Å²) in [5.74, 6) is 0.828. The molecule has 8 heteroatoms. The number of nitrogens with zero attached hydrogens (tertiary/aromatic N) is 2. The van der Waals surface area contributed by atoms with Crippen molar-refractivity contribution in [2.45, 2.75) is 19.9 Å². The smallest absolute Gasteiger partial charge is 0.338 e. The van der Waals surface area contributed by atoms with Crippen LogP contribution in [0.1, 0.15) is 31.0 Å². The zero-order valence-electron chi connectivity index (χ0n) is 19.8. The predicted octanol–water partition coefficient (Wildman–Crippen LogP) is 3.37. The first-order valence-electron chi connectivity index (χ1n) is 11.1. The number of benzene rings is 2. The van der Waals surface area contributed by atoms with Crippen molar-refractivity contribution in [3.05, 3.63) is 103 Å². The van der Waals surface area contributed by atoms with Crippen LogP contribution in [0.4, 0.5) is 0 Å². The summed E-state index contributed by atoms with van der Waals surface area (Å²) in [6.45, 7) is 7.77. The van der Waals surface area contributed by atoms with Crippen molar-refractivity contribution in [2.24, 2.45) is 4.99 Å². The van der Waals surface area contributed by atoms with E-state index in [1.807, 2.05) is 48.5 Å². The maximum atomic E-state index is 13.7. The van der Waals surface area contributed by atoms with Crippen molar-refractivity contribution in [1.82, 2.24) is 4.57 Å². The van der Waals surface area contributed by atoms with Gasteiger partial charge in [0.25, 0.3) is 5.56 Å². The van der Waals surface area contributed by atoms with E-state index in [-0.39, 0.29) is 12.2 Å². The van der Waals surface area contributed by atoms with Gasteiger partial charge in [-0.1, -0.05) is 54.3 Å². The highest BCUT2D eigenvalue weighted by Gasteiger charge is 2.33. The van der Waals surface area contributed by atoms with E-state index in [0.29, 0.717) is 38.7 Å². The minimum Gasteiger partial charge on any atom is -0.496 e. The maximum Gasteiger partial charge on any atom is 0.338 e. The lowest BCUT2D eigenvalue weighted by Crippen LogP contribution is -2.39. The fourth-order valence-electron chi connectivity index (χ4n) is 3.94. The van der Waals surface area contributed by atoms with Gasteiger partial charge in [0.05, 0.1) is 35.6 Å². The van der Waals surface area contributed by atoms with Crippen LogP contribution in [0.15, 0.2) is 82.2 Å². The number of para-hydroxylation sites is 1. The molecule has 3 aromatic rings. The topological polar surface area (TPSA) is 79.1 Å². The van der Waals surface area contributed by atoms with E-state index in [1.54, 1.807) is 37.7 Å². The summed E-state index contributed by atoms with van der Waals surface area (Å²) in [7, 11) is 1.59. The first-order valence-corrected chi connectivity index (χ1v) is 12.0. The van der Waals surface area contributed by atoms with E-state index in [4.69, 9.17) is 14.2 Å². The third-order valence-corrected chi connectivity index (χ3v) is 6.49. The minimum atomic E-state index is -0.682. The molecule has 0 unspecified atom stereocenters. The first-order chi connectivity index (χ1) is 17.0. The number of ether oxygens (including phenoxy) is 3. The Bertz CT molecular complexity index is 1460. The van der Waals surface area contributed by atoms with Gasteiger partial charge >= 0.3 is 5.97 Å². The van der Waals surface area contributed by atoms with E-state index < -0.39 is 12.0 Å². The van der Waals surface area contributed by atoms with E-state index in [0.717, 1.165) is 11.1 Å². The van der Waals surface area contributed by atoms with Crippen molar-refractivity contribution in [1.29, 1.82) is 0 Å². The molecule has 0 saturated carbocycles. The van der Waals surface area contributed by atoms with Crippen LogP contribution in [0.2, 0.25) is 0 Å². The number of carbonyl (C=O) groups excluding carboxylic acids is 1. The quantitative estimate of drug-likeness (QED) is 0.357. The van der Waals surface area contributed by atoms with Crippen LogP contribution in [0.5, 0.6) is 11.5 Å². The van der Waals surface area contributed by atoms with Crippen molar-refractivity contribution in [3.63, 3.8) is 0 Å². The summed E-state index contributed by atoms with van der Waals surface area (Å²) >= 11 is 1.27. The number of allylic oxidation sites excluding steroid dienone is 1. The molecule has 0 spiro atoms. The van der Waals surface area contributed by atoms with E-state index >= 15 is 0 Å². The van der Waals surface area contributed by atoms with Gasteiger partial charge in [-0.2, -0.15) is 0 Å².